The lowest BCUT2D eigenvalue weighted by Gasteiger charge is -2.22. The molecule has 1 saturated heterocycles. The molecular formula is C15H25BrO2. The molecule has 0 radical (unpaired) electrons. The molecule has 1 aliphatic rings. The van der Waals surface area contributed by atoms with Gasteiger partial charge in [-0.25, -0.2) is 0 Å². The van der Waals surface area contributed by atoms with Crippen LogP contribution in [0, 0.1) is 11.8 Å². The Balaban J connectivity index is 1.84. The van der Waals surface area contributed by atoms with Crippen LogP contribution in [-0.2, 0) is 9.47 Å². The van der Waals surface area contributed by atoms with E-state index in [-0.39, 0.29) is 6.29 Å². The van der Waals surface area contributed by atoms with Gasteiger partial charge in [0.2, 0.25) is 0 Å². The van der Waals surface area contributed by atoms with Gasteiger partial charge in [-0.3, -0.25) is 0 Å². The molecule has 0 aromatic carbocycles. The van der Waals surface area contributed by atoms with Crippen molar-refractivity contribution < 1.29 is 9.47 Å². The quantitative estimate of drug-likeness (QED) is 0.378. The molecule has 18 heavy (non-hydrogen) atoms. The maximum absolute atomic E-state index is 5.65. The molecule has 1 heterocycles. The lowest BCUT2D eigenvalue weighted by molar-refractivity contribution is -0.162. The molecule has 0 aromatic rings. The van der Waals surface area contributed by atoms with E-state index in [4.69, 9.17) is 9.47 Å². The standard InChI is InChI=1S/C15H25BrO2/c16-12-8-5-3-1-2-4-6-9-13-17-15-11-7-10-14-18-15/h15H,1,3,5-14H2. The number of halogens is 1. The summed E-state index contributed by atoms with van der Waals surface area (Å²) in [5.74, 6) is 6.45. The Labute approximate surface area is 120 Å². The van der Waals surface area contributed by atoms with Crippen LogP contribution in [0.25, 0.3) is 0 Å². The Morgan fingerprint density at radius 2 is 1.89 bits per heavy atom. The van der Waals surface area contributed by atoms with Gasteiger partial charge in [0, 0.05) is 24.8 Å². The summed E-state index contributed by atoms with van der Waals surface area (Å²) in [4.78, 5) is 0. The zero-order valence-electron chi connectivity index (χ0n) is 11.3. The van der Waals surface area contributed by atoms with E-state index in [9.17, 15) is 0 Å². The lowest BCUT2D eigenvalue weighted by atomic mass is 10.2. The summed E-state index contributed by atoms with van der Waals surface area (Å²) in [5, 5.41) is 1.11. The molecule has 1 unspecified atom stereocenters. The van der Waals surface area contributed by atoms with E-state index in [0.717, 1.165) is 44.2 Å². The summed E-state index contributed by atoms with van der Waals surface area (Å²) in [7, 11) is 0. The third-order valence-electron chi connectivity index (χ3n) is 2.95. The Morgan fingerprint density at radius 1 is 1.06 bits per heavy atom. The number of alkyl halides is 1. The first-order valence-corrected chi connectivity index (χ1v) is 8.30. The molecule has 3 heteroatoms. The number of hydrogen-bond donors (Lipinski definition) is 0. The molecule has 1 rings (SSSR count). The first-order chi connectivity index (χ1) is 8.93. The molecule has 0 aliphatic carbocycles. The Morgan fingerprint density at radius 3 is 2.61 bits per heavy atom. The van der Waals surface area contributed by atoms with Gasteiger partial charge >= 0.3 is 0 Å². The summed E-state index contributed by atoms with van der Waals surface area (Å²) in [6.07, 6.45) is 10.3. The summed E-state index contributed by atoms with van der Waals surface area (Å²) < 4.78 is 11.1. The molecule has 0 spiro atoms. The predicted octanol–water partition coefficient (Wildman–Crippen LogP) is 4.27. The van der Waals surface area contributed by atoms with Crippen molar-refractivity contribution in [1.82, 2.24) is 0 Å². The third-order valence-corrected chi connectivity index (χ3v) is 3.51. The van der Waals surface area contributed by atoms with Crippen molar-refractivity contribution in [2.45, 2.75) is 64.1 Å². The molecule has 0 N–H and O–H groups in total. The second-order valence-corrected chi connectivity index (χ2v) is 5.42. The number of hydrogen-bond acceptors (Lipinski definition) is 2. The van der Waals surface area contributed by atoms with Gasteiger partial charge in [0.05, 0.1) is 6.61 Å². The minimum absolute atomic E-state index is 0.0518. The zero-order valence-corrected chi connectivity index (χ0v) is 12.8. The predicted molar refractivity (Wildman–Crippen MR) is 78.8 cm³/mol. The van der Waals surface area contributed by atoms with Gasteiger partial charge in [-0.2, -0.15) is 0 Å². The van der Waals surface area contributed by atoms with Crippen LogP contribution in [0.3, 0.4) is 0 Å². The van der Waals surface area contributed by atoms with Crippen molar-refractivity contribution in [1.29, 1.82) is 0 Å². The highest BCUT2D eigenvalue weighted by Gasteiger charge is 2.12. The lowest BCUT2D eigenvalue weighted by Crippen LogP contribution is -2.22. The molecule has 2 nitrogen and oxygen atoms in total. The van der Waals surface area contributed by atoms with Gasteiger partial charge in [0.25, 0.3) is 0 Å². The minimum atomic E-state index is 0.0518. The highest BCUT2D eigenvalue weighted by molar-refractivity contribution is 9.09. The maximum atomic E-state index is 5.65. The molecule has 1 atom stereocenters. The van der Waals surface area contributed by atoms with E-state index in [2.05, 4.69) is 27.8 Å². The van der Waals surface area contributed by atoms with E-state index >= 15 is 0 Å². The molecule has 0 bridgehead atoms. The summed E-state index contributed by atoms with van der Waals surface area (Å²) in [6, 6.07) is 0. The van der Waals surface area contributed by atoms with Crippen LogP contribution in [0.4, 0.5) is 0 Å². The second-order valence-electron chi connectivity index (χ2n) is 4.62. The molecule has 0 amide bonds. The molecule has 0 aromatic heterocycles. The Kier molecular flexibility index (Phi) is 10.7. The molecule has 1 aliphatic heterocycles. The molecular weight excluding hydrogens is 292 g/mol. The van der Waals surface area contributed by atoms with Crippen molar-refractivity contribution in [2.75, 3.05) is 18.5 Å². The Bertz CT molecular complexity index is 239. The van der Waals surface area contributed by atoms with Gasteiger partial charge in [-0.05, 0) is 38.5 Å². The van der Waals surface area contributed by atoms with E-state index in [1.165, 1.54) is 32.1 Å². The minimum Gasteiger partial charge on any atom is -0.353 e. The van der Waals surface area contributed by atoms with Crippen LogP contribution in [0.5, 0.6) is 0 Å². The summed E-state index contributed by atoms with van der Waals surface area (Å²) in [6.45, 7) is 1.64. The molecule has 0 saturated carbocycles. The van der Waals surface area contributed by atoms with E-state index in [0.29, 0.717) is 0 Å². The van der Waals surface area contributed by atoms with Crippen molar-refractivity contribution >= 4 is 15.9 Å². The van der Waals surface area contributed by atoms with Gasteiger partial charge in [-0.1, -0.05) is 22.4 Å². The first-order valence-electron chi connectivity index (χ1n) is 7.18. The third kappa shape index (κ3) is 8.97. The molecule has 104 valence electrons. The SMILES string of the molecule is BrCCCCCC#CCCCOC1CCCCO1. The van der Waals surface area contributed by atoms with Crippen LogP contribution >= 0.6 is 15.9 Å². The van der Waals surface area contributed by atoms with E-state index in [1.807, 2.05) is 0 Å². The van der Waals surface area contributed by atoms with Crippen LogP contribution < -0.4 is 0 Å². The van der Waals surface area contributed by atoms with Crippen LogP contribution in [0.1, 0.15) is 57.8 Å². The maximum Gasteiger partial charge on any atom is 0.157 e. The largest absolute Gasteiger partial charge is 0.353 e. The molecule has 1 fully saturated rings. The van der Waals surface area contributed by atoms with Gasteiger partial charge < -0.3 is 9.47 Å². The van der Waals surface area contributed by atoms with Gasteiger partial charge in [-0.15, -0.1) is 11.8 Å². The van der Waals surface area contributed by atoms with Crippen molar-refractivity contribution in [2.24, 2.45) is 0 Å². The normalized spacial score (nSPS) is 19.3. The smallest absolute Gasteiger partial charge is 0.157 e. The van der Waals surface area contributed by atoms with Gasteiger partial charge in [0.1, 0.15) is 0 Å². The summed E-state index contributed by atoms with van der Waals surface area (Å²) in [5.41, 5.74) is 0. The van der Waals surface area contributed by atoms with E-state index < -0.39 is 0 Å². The highest BCUT2D eigenvalue weighted by atomic mass is 79.9. The van der Waals surface area contributed by atoms with Crippen LogP contribution in [0.2, 0.25) is 0 Å². The highest BCUT2D eigenvalue weighted by Crippen LogP contribution is 2.13. The topological polar surface area (TPSA) is 18.5 Å². The van der Waals surface area contributed by atoms with Crippen molar-refractivity contribution in [3.05, 3.63) is 0 Å². The average molecular weight is 317 g/mol. The zero-order chi connectivity index (χ0) is 12.9. The number of rotatable bonds is 8. The summed E-state index contributed by atoms with van der Waals surface area (Å²) >= 11 is 3.43. The fourth-order valence-electron chi connectivity index (χ4n) is 1.88. The van der Waals surface area contributed by atoms with Crippen LogP contribution in [0.15, 0.2) is 0 Å². The van der Waals surface area contributed by atoms with Crippen LogP contribution in [-0.4, -0.2) is 24.8 Å². The fraction of sp³-hybridized carbons (Fsp3) is 0.867. The fourth-order valence-corrected chi connectivity index (χ4v) is 2.28. The average Bonchev–Trinajstić information content (AvgIpc) is 2.42. The first kappa shape index (κ1) is 16.0. The Hall–Kier alpha value is -0.0400. The van der Waals surface area contributed by atoms with Crippen molar-refractivity contribution in [3.63, 3.8) is 0 Å². The van der Waals surface area contributed by atoms with Gasteiger partial charge in [0.15, 0.2) is 6.29 Å². The number of unbranched alkanes of at least 4 members (excludes halogenated alkanes) is 4. The monoisotopic (exact) mass is 316 g/mol. The number of ether oxygens (including phenoxy) is 2. The van der Waals surface area contributed by atoms with E-state index in [1.54, 1.807) is 0 Å². The second kappa shape index (κ2) is 12.0. The van der Waals surface area contributed by atoms with Crippen molar-refractivity contribution in [3.8, 4) is 11.8 Å².